The van der Waals surface area contributed by atoms with E-state index in [-0.39, 0.29) is 5.91 Å². The van der Waals surface area contributed by atoms with Gasteiger partial charge in [0.2, 0.25) is 0 Å². The van der Waals surface area contributed by atoms with E-state index in [1.807, 2.05) is 13.8 Å². The molecular formula is C19H21BrFNO3. The molecule has 2 rings (SSSR count). The normalized spacial score (nSPS) is 10.4. The number of nitrogens with one attached hydrogen (secondary N) is 1. The average Bonchev–Trinajstić information content (AvgIpc) is 2.58. The summed E-state index contributed by atoms with van der Waals surface area (Å²) in [6, 6.07) is 9.19. The van der Waals surface area contributed by atoms with E-state index in [2.05, 4.69) is 21.2 Å². The van der Waals surface area contributed by atoms with E-state index in [9.17, 15) is 9.18 Å². The molecule has 0 saturated heterocycles. The highest BCUT2D eigenvalue weighted by atomic mass is 79.9. The number of benzene rings is 2. The van der Waals surface area contributed by atoms with E-state index in [0.717, 1.165) is 12.8 Å². The van der Waals surface area contributed by atoms with Gasteiger partial charge in [-0.05, 0) is 59.1 Å². The van der Waals surface area contributed by atoms with Crippen LogP contribution in [0.4, 0.5) is 10.1 Å². The van der Waals surface area contributed by atoms with Crippen molar-refractivity contribution in [3.8, 4) is 11.5 Å². The number of rotatable bonds is 8. The topological polar surface area (TPSA) is 47.6 Å². The number of hydrogen-bond acceptors (Lipinski definition) is 3. The first-order valence-corrected chi connectivity index (χ1v) is 9.00. The van der Waals surface area contributed by atoms with E-state index >= 15 is 0 Å². The molecule has 1 amide bonds. The second kappa shape index (κ2) is 9.42. The van der Waals surface area contributed by atoms with Crippen molar-refractivity contribution in [2.45, 2.75) is 26.7 Å². The monoisotopic (exact) mass is 409 g/mol. The van der Waals surface area contributed by atoms with Crippen LogP contribution >= 0.6 is 15.9 Å². The second-order valence-electron chi connectivity index (χ2n) is 5.44. The van der Waals surface area contributed by atoms with Crippen LogP contribution in [0.1, 0.15) is 37.0 Å². The first-order chi connectivity index (χ1) is 12.0. The van der Waals surface area contributed by atoms with Crippen molar-refractivity contribution in [1.29, 1.82) is 0 Å². The lowest BCUT2D eigenvalue weighted by Gasteiger charge is -2.14. The third kappa shape index (κ3) is 5.46. The van der Waals surface area contributed by atoms with Crippen molar-refractivity contribution in [1.82, 2.24) is 0 Å². The molecule has 0 radical (unpaired) electrons. The molecule has 0 aromatic heterocycles. The van der Waals surface area contributed by atoms with Crippen LogP contribution in [0.15, 0.2) is 40.9 Å². The summed E-state index contributed by atoms with van der Waals surface area (Å²) in [4.78, 5) is 12.4. The largest absolute Gasteiger partial charge is 0.490 e. The van der Waals surface area contributed by atoms with E-state index in [4.69, 9.17) is 9.47 Å². The molecule has 6 heteroatoms. The molecule has 0 heterocycles. The van der Waals surface area contributed by atoms with Gasteiger partial charge in [0.25, 0.3) is 5.91 Å². The van der Waals surface area contributed by atoms with Crippen LogP contribution in [0, 0.1) is 5.82 Å². The molecule has 0 atom stereocenters. The van der Waals surface area contributed by atoms with Crippen LogP contribution in [0.2, 0.25) is 0 Å². The first-order valence-electron chi connectivity index (χ1n) is 8.21. The van der Waals surface area contributed by atoms with Crippen molar-refractivity contribution in [2.75, 3.05) is 18.5 Å². The Morgan fingerprint density at radius 2 is 1.72 bits per heavy atom. The SMILES string of the molecule is CCCOc1ccc(NC(=O)c2ccc(F)cc2Br)cc1OCCC. The van der Waals surface area contributed by atoms with Crippen LogP contribution in [0.3, 0.4) is 0 Å². The molecule has 2 aromatic rings. The highest BCUT2D eigenvalue weighted by Gasteiger charge is 2.13. The number of amides is 1. The lowest BCUT2D eigenvalue weighted by atomic mass is 10.2. The van der Waals surface area contributed by atoms with Gasteiger partial charge in [0.15, 0.2) is 11.5 Å². The van der Waals surface area contributed by atoms with Crippen LogP contribution < -0.4 is 14.8 Å². The molecule has 1 N–H and O–H groups in total. The predicted octanol–water partition coefficient (Wildman–Crippen LogP) is 5.42. The molecule has 2 aromatic carbocycles. The summed E-state index contributed by atoms with van der Waals surface area (Å²) in [6.45, 7) is 5.20. The fraction of sp³-hybridized carbons (Fsp3) is 0.316. The molecule has 0 aliphatic carbocycles. The summed E-state index contributed by atoms with van der Waals surface area (Å²) in [6.07, 6.45) is 1.76. The third-order valence-electron chi connectivity index (χ3n) is 3.30. The molecule has 25 heavy (non-hydrogen) atoms. The van der Waals surface area contributed by atoms with Gasteiger partial charge >= 0.3 is 0 Å². The molecule has 0 saturated carbocycles. The predicted molar refractivity (Wildman–Crippen MR) is 100 cm³/mol. The number of ether oxygens (including phenoxy) is 2. The van der Waals surface area contributed by atoms with E-state index in [0.29, 0.717) is 40.4 Å². The summed E-state index contributed by atoms with van der Waals surface area (Å²) in [5, 5.41) is 2.79. The molecule has 4 nitrogen and oxygen atoms in total. The van der Waals surface area contributed by atoms with Crippen molar-refractivity contribution in [2.24, 2.45) is 0 Å². The molecular weight excluding hydrogens is 389 g/mol. The standard InChI is InChI=1S/C19H21BrFNO3/c1-3-9-24-17-8-6-14(12-18(17)25-10-4-2)22-19(23)15-7-5-13(21)11-16(15)20/h5-8,11-12H,3-4,9-10H2,1-2H3,(H,22,23). The summed E-state index contributed by atoms with van der Waals surface area (Å²) in [5.41, 5.74) is 0.930. The lowest BCUT2D eigenvalue weighted by molar-refractivity contribution is 0.102. The maximum Gasteiger partial charge on any atom is 0.256 e. The summed E-state index contributed by atoms with van der Waals surface area (Å²) in [5.74, 6) is 0.495. The highest BCUT2D eigenvalue weighted by Crippen LogP contribution is 2.31. The number of halogens is 2. The average molecular weight is 410 g/mol. The molecule has 0 spiro atoms. The Labute approximate surface area is 155 Å². The maximum atomic E-state index is 13.2. The van der Waals surface area contributed by atoms with Crippen molar-refractivity contribution >= 4 is 27.5 Å². The van der Waals surface area contributed by atoms with Crippen LogP contribution in [0.25, 0.3) is 0 Å². The zero-order valence-corrected chi connectivity index (χ0v) is 15.9. The quantitative estimate of drug-likeness (QED) is 0.633. The minimum Gasteiger partial charge on any atom is -0.490 e. The lowest BCUT2D eigenvalue weighted by Crippen LogP contribution is -2.13. The van der Waals surface area contributed by atoms with Gasteiger partial charge in [-0.15, -0.1) is 0 Å². The zero-order chi connectivity index (χ0) is 18.2. The van der Waals surface area contributed by atoms with Crippen LogP contribution in [-0.2, 0) is 0 Å². The molecule has 0 bridgehead atoms. The van der Waals surface area contributed by atoms with Gasteiger partial charge in [-0.25, -0.2) is 4.39 Å². The van der Waals surface area contributed by atoms with Crippen molar-refractivity contribution in [3.63, 3.8) is 0 Å². The number of carbonyl (C=O) groups is 1. The molecule has 0 unspecified atom stereocenters. The van der Waals surface area contributed by atoms with Crippen molar-refractivity contribution < 1.29 is 18.7 Å². The summed E-state index contributed by atoms with van der Waals surface area (Å²) < 4.78 is 25.0. The van der Waals surface area contributed by atoms with E-state index in [1.165, 1.54) is 18.2 Å². The van der Waals surface area contributed by atoms with Gasteiger partial charge in [0, 0.05) is 16.2 Å². The molecule has 0 aliphatic rings. The van der Waals surface area contributed by atoms with Crippen LogP contribution in [-0.4, -0.2) is 19.1 Å². The van der Waals surface area contributed by atoms with E-state index in [1.54, 1.807) is 18.2 Å². The van der Waals surface area contributed by atoms with E-state index < -0.39 is 5.82 Å². The highest BCUT2D eigenvalue weighted by molar-refractivity contribution is 9.10. The van der Waals surface area contributed by atoms with Gasteiger partial charge in [-0.3, -0.25) is 4.79 Å². The van der Waals surface area contributed by atoms with Crippen molar-refractivity contribution in [3.05, 3.63) is 52.3 Å². The Morgan fingerprint density at radius 3 is 2.36 bits per heavy atom. The summed E-state index contributed by atoms with van der Waals surface area (Å²) >= 11 is 3.20. The number of carbonyl (C=O) groups excluding carboxylic acids is 1. The Hall–Kier alpha value is -2.08. The molecule has 134 valence electrons. The third-order valence-corrected chi connectivity index (χ3v) is 3.96. The van der Waals surface area contributed by atoms with Gasteiger partial charge in [-0.2, -0.15) is 0 Å². The van der Waals surface area contributed by atoms with Gasteiger partial charge in [0.05, 0.1) is 18.8 Å². The second-order valence-corrected chi connectivity index (χ2v) is 6.29. The first kappa shape index (κ1) is 19.2. The fourth-order valence-corrected chi connectivity index (χ4v) is 2.64. The number of hydrogen-bond donors (Lipinski definition) is 1. The zero-order valence-electron chi connectivity index (χ0n) is 14.3. The summed E-state index contributed by atoms with van der Waals surface area (Å²) in [7, 11) is 0. The Morgan fingerprint density at radius 1 is 1.04 bits per heavy atom. The smallest absolute Gasteiger partial charge is 0.256 e. The minimum atomic E-state index is -0.406. The van der Waals surface area contributed by atoms with Gasteiger partial charge in [-0.1, -0.05) is 13.8 Å². The fourth-order valence-electron chi connectivity index (χ4n) is 2.11. The van der Waals surface area contributed by atoms with Crippen LogP contribution in [0.5, 0.6) is 11.5 Å². The Kier molecular flexibility index (Phi) is 7.25. The molecule has 0 fully saturated rings. The maximum absolute atomic E-state index is 13.2. The van der Waals surface area contributed by atoms with Gasteiger partial charge < -0.3 is 14.8 Å². The Bertz CT molecular complexity index is 737. The number of anilines is 1. The van der Waals surface area contributed by atoms with Gasteiger partial charge in [0.1, 0.15) is 5.82 Å². The molecule has 0 aliphatic heterocycles. The minimum absolute atomic E-state index is 0.337. The Balaban J connectivity index is 2.19.